The molecule has 0 unspecified atom stereocenters. The Morgan fingerprint density at radius 3 is 2.17 bits per heavy atom. The maximum absolute atomic E-state index is 5.09. The normalized spacial score (nSPS) is 10.0. The largest absolute Gasteiger partial charge is 0.353 e. The number of hydrogen-bond acceptors (Lipinski definition) is 1. The lowest BCUT2D eigenvalue weighted by molar-refractivity contribution is 0.204. The van der Waals surface area contributed by atoms with Gasteiger partial charge in [0.1, 0.15) is 0 Å². The highest BCUT2D eigenvalue weighted by atomic mass is 35.5. The van der Waals surface area contributed by atoms with Gasteiger partial charge in [-0.2, -0.15) is 0 Å². The molecule has 0 aliphatic carbocycles. The van der Waals surface area contributed by atoms with E-state index in [2.05, 4.69) is 15.0 Å². The van der Waals surface area contributed by atoms with Crippen molar-refractivity contribution in [2.24, 2.45) is 0 Å². The second-order valence-corrected chi connectivity index (χ2v) is 1.88. The van der Waals surface area contributed by atoms with Crippen molar-refractivity contribution in [3.05, 3.63) is 0 Å². The number of rotatable bonds is 2. The van der Waals surface area contributed by atoms with Crippen LogP contribution in [-0.4, -0.2) is 21.5 Å². The van der Waals surface area contributed by atoms with Crippen molar-refractivity contribution in [1.29, 1.82) is 0 Å². The molecule has 0 saturated heterocycles. The molecule has 3 radical (unpaired) electrons. The third-order valence-corrected chi connectivity index (χ3v) is 0.628. The quantitative estimate of drug-likeness (QED) is 0.411. The summed E-state index contributed by atoms with van der Waals surface area (Å²) in [4.78, 5) is 0. The fourth-order valence-electron chi connectivity index (χ4n) is 0.0630. The summed E-state index contributed by atoms with van der Waals surface area (Å²) in [6.45, 7) is 0. The van der Waals surface area contributed by atoms with E-state index in [-0.39, 0.29) is 0 Å². The summed E-state index contributed by atoms with van der Waals surface area (Å²) >= 11 is 10.2. The van der Waals surface area contributed by atoms with Gasteiger partial charge < -0.3 is 4.74 Å². The zero-order chi connectivity index (χ0) is 4.99. The smallest absolute Gasteiger partial charge is 0.206 e. The first-order valence-electron chi connectivity index (χ1n) is 1.31. The van der Waals surface area contributed by atoms with Gasteiger partial charge >= 0.3 is 0 Å². The predicted molar refractivity (Wildman–Crippen MR) is 27.2 cm³/mol. The van der Waals surface area contributed by atoms with Gasteiger partial charge in [-0.3, -0.25) is 0 Å². The van der Waals surface area contributed by atoms with Crippen molar-refractivity contribution in [2.45, 2.75) is 5.02 Å². The highest BCUT2D eigenvalue weighted by molar-refractivity contribution is 6.43. The Hall–Kier alpha value is 0.757. The van der Waals surface area contributed by atoms with Crippen LogP contribution in [0.2, 0.25) is 0 Å². The van der Waals surface area contributed by atoms with Gasteiger partial charge in [0.25, 0.3) is 0 Å². The summed E-state index contributed by atoms with van der Waals surface area (Å²) in [7, 11) is 3.00. The van der Waals surface area contributed by atoms with Crippen molar-refractivity contribution in [3.63, 3.8) is 0 Å². The minimum absolute atomic E-state index is 0.373. The molecule has 0 rings (SSSR count). The summed E-state index contributed by atoms with van der Waals surface area (Å²) < 4.78 is 4.49. The lowest BCUT2D eigenvalue weighted by Gasteiger charge is -1.95. The molecule has 0 aromatic rings. The Morgan fingerprint density at radius 2 is 2.17 bits per heavy atom. The average Bonchev–Trinajstić information content (AvgIpc) is 1.35. The van der Waals surface area contributed by atoms with E-state index in [0.29, 0.717) is 6.23 Å². The van der Waals surface area contributed by atoms with Gasteiger partial charge in [0.05, 0.1) is 10.2 Å². The van der Waals surface area contributed by atoms with E-state index in [1.54, 1.807) is 0 Å². The summed E-state index contributed by atoms with van der Waals surface area (Å²) in [6.07, 6.45) is 0.373. The van der Waals surface area contributed by atoms with Crippen LogP contribution in [0.15, 0.2) is 0 Å². The summed E-state index contributed by atoms with van der Waals surface area (Å²) in [5.41, 5.74) is 0. The highest BCUT2D eigenvalue weighted by Crippen LogP contribution is 2.00. The zero-order valence-electron chi connectivity index (χ0n) is 2.95. The number of alkyl halides is 2. The van der Waals surface area contributed by atoms with Gasteiger partial charge in [-0.1, -0.05) is 23.2 Å². The molecule has 35 valence electrons. The topological polar surface area (TPSA) is 9.23 Å². The first kappa shape index (κ1) is 6.76. The van der Waals surface area contributed by atoms with Crippen molar-refractivity contribution in [3.8, 4) is 0 Å². The van der Waals surface area contributed by atoms with Crippen LogP contribution < -0.4 is 0 Å². The van der Waals surface area contributed by atoms with Crippen LogP contribution in [0.3, 0.4) is 0 Å². The second-order valence-electron chi connectivity index (χ2n) is 0.572. The van der Waals surface area contributed by atoms with E-state index >= 15 is 0 Å². The van der Waals surface area contributed by atoms with Crippen LogP contribution in [-0.2, 0) is 4.74 Å². The van der Waals surface area contributed by atoms with Gasteiger partial charge in [-0.15, -0.1) is 0 Å². The molecule has 0 bridgehead atoms. The zero-order valence-corrected chi connectivity index (χ0v) is 5.46. The molecule has 0 saturated carbocycles. The van der Waals surface area contributed by atoms with Crippen LogP contribution in [0, 0.1) is 0 Å². The Morgan fingerprint density at radius 1 is 1.67 bits per heavy atom. The van der Waals surface area contributed by atoms with Crippen LogP contribution in [0.4, 0.5) is 0 Å². The fourth-order valence-corrected chi connectivity index (χ4v) is 0.567. The molecule has 4 heteroatoms. The Bertz CT molecular complexity index is 32.7. The van der Waals surface area contributed by atoms with Crippen molar-refractivity contribution < 1.29 is 4.74 Å². The maximum Gasteiger partial charge on any atom is 0.206 e. The van der Waals surface area contributed by atoms with E-state index in [0.717, 1.165) is 0 Å². The summed E-state index contributed by atoms with van der Waals surface area (Å²) in [6, 6.07) is 0. The maximum atomic E-state index is 5.09. The second kappa shape index (κ2) is 3.93. The van der Waals surface area contributed by atoms with Crippen molar-refractivity contribution >= 4 is 33.4 Å². The molecule has 0 fully saturated rings. The van der Waals surface area contributed by atoms with Crippen molar-refractivity contribution in [2.75, 3.05) is 6.23 Å². The summed E-state index contributed by atoms with van der Waals surface area (Å²) in [5, 5.41) is -0.706. The lowest BCUT2D eigenvalue weighted by Crippen LogP contribution is -1.96. The number of hydrogen-bond donors (Lipinski definition) is 0. The van der Waals surface area contributed by atoms with Gasteiger partial charge in [0, 0.05) is 6.23 Å². The van der Waals surface area contributed by atoms with E-state index < -0.39 is 5.02 Å². The molecule has 0 heterocycles. The molecule has 0 atom stereocenters. The monoisotopic (exact) mass is 141 g/mol. The van der Waals surface area contributed by atoms with E-state index in [9.17, 15) is 0 Å². The standard InChI is InChI=1S/C2H3Cl2OSi/c3-2(4)5-1-6/h2H,1H2. The molecule has 0 amide bonds. The molecule has 0 aromatic carbocycles. The predicted octanol–water partition coefficient (Wildman–Crippen LogP) is 0.890. The SMILES string of the molecule is [Si]COC(Cl)Cl. The molecule has 0 N–H and O–H groups in total. The minimum atomic E-state index is -0.706. The van der Waals surface area contributed by atoms with Gasteiger partial charge in [-0.05, 0) is 0 Å². The lowest BCUT2D eigenvalue weighted by atomic mass is 11.5. The molecule has 1 nitrogen and oxygen atoms in total. The number of ether oxygens (including phenoxy) is 1. The number of halogens is 2. The van der Waals surface area contributed by atoms with Gasteiger partial charge in [-0.25, -0.2) is 0 Å². The minimum Gasteiger partial charge on any atom is -0.353 e. The Balaban J connectivity index is 2.63. The highest BCUT2D eigenvalue weighted by Gasteiger charge is 1.90. The Labute approximate surface area is 50.0 Å². The van der Waals surface area contributed by atoms with Crippen LogP contribution >= 0.6 is 23.2 Å². The van der Waals surface area contributed by atoms with Crippen LogP contribution in [0.5, 0.6) is 0 Å². The molecule has 0 spiro atoms. The van der Waals surface area contributed by atoms with Crippen LogP contribution in [0.25, 0.3) is 0 Å². The molecular weight excluding hydrogens is 139 g/mol. The molecule has 0 aliphatic rings. The first-order chi connectivity index (χ1) is 2.77. The van der Waals surface area contributed by atoms with Gasteiger partial charge in [0.15, 0.2) is 0 Å². The molecule has 6 heavy (non-hydrogen) atoms. The average molecular weight is 142 g/mol. The summed E-state index contributed by atoms with van der Waals surface area (Å²) in [5.74, 6) is 0. The first-order valence-corrected chi connectivity index (χ1v) is 2.89. The third kappa shape index (κ3) is 4.76. The van der Waals surface area contributed by atoms with E-state index in [1.807, 2.05) is 0 Å². The van der Waals surface area contributed by atoms with Crippen LogP contribution in [0.1, 0.15) is 0 Å². The molecule has 0 aliphatic heterocycles. The van der Waals surface area contributed by atoms with E-state index in [1.165, 1.54) is 0 Å². The molecule has 0 aromatic heterocycles. The van der Waals surface area contributed by atoms with Gasteiger partial charge in [0.2, 0.25) is 5.02 Å². The fraction of sp³-hybridized carbons (Fsp3) is 1.00. The molecular formula is C2H3Cl2OSi. The Kier molecular flexibility index (Phi) is 4.43. The van der Waals surface area contributed by atoms with Crippen molar-refractivity contribution in [1.82, 2.24) is 0 Å². The third-order valence-electron chi connectivity index (χ3n) is 0.209. The van der Waals surface area contributed by atoms with E-state index in [4.69, 9.17) is 23.2 Å².